The fraction of sp³-hybridized carbons (Fsp3) is 0.692. The van der Waals surface area contributed by atoms with Gasteiger partial charge in [-0.1, -0.05) is 0 Å². The van der Waals surface area contributed by atoms with Gasteiger partial charge in [-0.25, -0.2) is 0 Å². The van der Waals surface area contributed by atoms with Crippen molar-refractivity contribution in [3.8, 4) is 0 Å². The summed E-state index contributed by atoms with van der Waals surface area (Å²) in [6.07, 6.45) is 8.98. The molecule has 0 aliphatic carbocycles. The Morgan fingerprint density at radius 3 is 2.78 bits per heavy atom. The van der Waals surface area contributed by atoms with E-state index in [0.717, 1.165) is 24.6 Å². The van der Waals surface area contributed by atoms with Crippen molar-refractivity contribution in [3.63, 3.8) is 0 Å². The summed E-state index contributed by atoms with van der Waals surface area (Å²) >= 11 is 0. The first kappa shape index (κ1) is 15.3. The van der Waals surface area contributed by atoms with Crippen LogP contribution in [0.15, 0.2) is 18.6 Å². The normalized spacial score (nSPS) is 16.6. The summed E-state index contributed by atoms with van der Waals surface area (Å²) in [6.45, 7) is 4.65. The molecule has 0 unspecified atom stereocenters. The number of rotatable bonds is 5. The second kappa shape index (κ2) is 8.40. The van der Waals surface area contributed by atoms with Crippen LogP contribution in [0, 0.1) is 5.92 Å². The molecule has 18 heavy (non-hydrogen) atoms. The smallest absolute Gasteiger partial charge is 0.0599 e. The van der Waals surface area contributed by atoms with Gasteiger partial charge in [0.25, 0.3) is 0 Å². The number of halogens is 1. The first-order chi connectivity index (χ1) is 8.34. The maximum atomic E-state index is 4.30. The minimum absolute atomic E-state index is 0. The zero-order valence-electron chi connectivity index (χ0n) is 11.0. The molecule has 0 saturated carbocycles. The van der Waals surface area contributed by atoms with Crippen LogP contribution >= 0.6 is 12.4 Å². The van der Waals surface area contributed by atoms with Crippen molar-refractivity contribution < 1.29 is 0 Å². The van der Waals surface area contributed by atoms with Crippen molar-refractivity contribution in [2.45, 2.75) is 19.3 Å². The fourth-order valence-corrected chi connectivity index (χ4v) is 2.36. The van der Waals surface area contributed by atoms with Gasteiger partial charge in [-0.15, -0.1) is 12.4 Å². The molecule has 0 bridgehead atoms. The Kier molecular flexibility index (Phi) is 7.16. The maximum Gasteiger partial charge on any atom is 0.0599 e. The molecule has 0 aromatic carbocycles. The van der Waals surface area contributed by atoms with Crippen LogP contribution in [0.25, 0.3) is 0 Å². The summed E-state index contributed by atoms with van der Waals surface area (Å²) in [5.41, 5.74) is 1.09. The highest BCUT2D eigenvalue weighted by Crippen LogP contribution is 2.12. The molecule has 1 aliphatic heterocycles. The van der Waals surface area contributed by atoms with Crippen molar-refractivity contribution in [2.75, 3.05) is 33.2 Å². The van der Waals surface area contributed by atoms with Crippen molar-refractivity contribution in [2.24, 2.45) is 5.92 Å². The highest BCUT2D eigenvalue weighted by molar-refractivity contribution is 5.85. The molecule has 1 saturated heterocycles. The van der Waals surface area contributed by atoms with Gasteiger partial charge in [-0.2, -0.15) is 0 Å². The van der Waals surface area contributed by atoms with Gasteiger partial charge in [0, 0.05) is 38.1 Å². The number of nitrogens with one attached hydrogen (secondary N) is 1. The van der Waals surface area contributed by atoms with Crippen LogP contribution in [-0.4, -0.2) is 48.1 Å². The topological polar surface area (TPSA) is 41.1 Å². The Hall–Kier alpha value is -0.710. The Morgan fingerprint density at radius 1 is 1.33 bits per heavy atom. The molecule has 102 valence electrons. The molecule has 0 spiro atoms. The number of likely N-dealkylation sites (N-methyl/N-ethyl adjacent to an activating group) is 1. The molecule has 2 rings (SSSR count). The molecule has 1 aliphatic rings. The number of nitrogens with zero attached hydrogens (tertiary/aromatic N) is 3. The van der Waals surface area contributed by atoms with Crippen molar-refractivity contribution in [3.05, 3.63) is 24.3 Å². The van der Waals surface area contributed by atoms with Crippen LogP contribution in [0.3, 0.4) is 0 Å². The van der Waals surface area contributed by atoms with Crippen molar-refractivity contribution in [1.82, 2.24) is 20.2 Å². The molecular formula is C13H23ClN4. The van der Waals surface area contributed by atoms with E-state index in [4.69, 9.17) is 0 Å². The Bertz CT molecular complexity index is 314. The monoisotopic (exact) mass is 270 g/mol. The summed E-state index contributed by atoms with van der Waals surface area (Å²) in [6, 6.07) is 0. The van der Waals surface area contributed by atoms with Gasteiger partial charge in [-0.05, 0) is 38.9 Å². The van der Waals surface area contributed by atoms with E-state index in [9.17, 15) is 0 Å². The van der Waals surface area contributed by atoms with Gasteiger partial charge in [0.05, 0.1) is 5.69 Å². The number of piperidine rings is 1. The van der Waals surface area contributed by atoms with E-state index < -0.39 is 0 Å². The molecule has 4 nitrogen and oxygen atoms in total. The van der Waals surface area contributed by atoms with Gasteiger partial charge in [0.15, 0.2) is 0 Å². The van der Waals surface area contributed by atoms with Crippen molar-refractivity contribution >= 4 is 12.4 Å². The average Bonchev–Trinajstić information content (AvgIpc) is 2.39. The SMILES string of the molecule is CN(CCc1cnccn1)CC1CCNCC1.Cl. The van der Waals surface area contributed by atoms with E-state index >= 15 is 0 Å². The zero-order valence-corrected chi connectivity index (χ0v) is 11.8. The molecule has 1 aromatic rings. The van der Waals surface area contributed by atoms with Crippen LogP contribution < -0.4 is 5.32 Å². The lowest BCUT2D eigenvalue weighted by Crippen LogP contribution is -2.35. The van der Waals surface area contributed by atoms with E-state index in [2.05, 4.69) is 27.2 Å². The zero-order chi connectivity index (χ0) is 11.9. The third kappa shape index (κ3) is 5.29. The molecular weight excluding hydrogens is 248 g/mol. The quantitative estimate of drug-likeness (QED) is 0.878. The average molecular weight is 271 g/mol. The van der Waals surface area contributed by atoms with Crippen LogP contribution in [0.1, 0.15) is 18.5 Å². The molecule has 1 N–H and O–H groups in total. The predicted octanol–water partition coefficient (Wildman–Crippen LogP) is 1.37. The third-order valence-corrected chi connectivity index (χ3v) is 3.39. The van der Waals surface area contributed by atoms with Gasteiger partial charge in [0.1, 0.15) is 0 Å². The summed E-state index contributed by atoms with van der Waals surface area (Å²) in [4.78, 5) is 10.8. The highest BCUT2D eigenvalue weighted by Gasteiger charge is 2.14. The first-order valence-electron chi connectivity index (χ1n) is 6.49. The molecule has 2 heterocycles. The highest BCUT2D eigenvalue weighted by atomic mass is 35.5. The lowest BCUT2D eigenvalue weighted by Gasteiger charge is -2.27. The molecule has 0 radical (unpaired) electrons. The number of hydrogen-bond donors (Lipinski definition) is 1. The van der Waals surface area contributed by atoms with Gasteiger partial charge < -0.3 is 10.2 Å². The Labute approximate surface area is 116 Å². The minimum atomic E-state index is 0. The van der Waals surface area contributed by atoms with Gasteiger partial charge in [0.2, 0.25) is 0 Å². The standard InChI is InChI=1S/C13H22N4.ClH/c1-17(11-12-2-5-14-6-3-12)9-4-13-10-15-7-8-16-13;/h7-8,10,12,14H,2-6,9,11H2,1H3;1H. The number of hydrogen-bond acceptors (Lipinski definition) is 4. The summed E-state index contributed by atoms with van der Waals surface area (Å²) < 4.78 is 0. The third-order valence-electron chi connectivity index (χ3n) is 3.39. The molecule has 1 aromatic heterocycles. The summed E-state index contributed by atoms with van der Waals surface area (Å²) in [5, 5.41) is 3.41. The van der Waals surface area contributed by atoms with Gasteiger partial charge in [-0.3, -0.25) is 9.97 Å². The molecule has 5 heteroatoms. The van der Waals surface area contributed by atoms with Gasteiger partial charge >= 0.3 is 0 Å². The number of aromatic nitrogens is 2. The van der Waals surface area contributed by atoms with E-state index in [1.807, 2.05) is 6.20 Å². The maximum absolute atomic E-state index is 4.30. The molecule has 0 amide bonds. The van der Waals surface area contributed by atoms with Crippen molar-refractivity contribution in [1.29, 1.82) is 0 Å². The lowest BCUT2D eigenvalue weighted by atomic mass is 9.98. The second-order valence-electron chi connectivity index (χ2n) is 4.90. The summed E-state index contributed by atoms with van der Waals surface area (Å²) in [7, 11) is 2.21. The Balaban J connectivity index is 0.00000162. The largest absolute Gasteiger partial charge is 0.317 e. The predicted molar refractivity (Wildman–Crippen MR) is 76.1 cm³/mol. The van der Waals surface area contributed by atoms with Crippen LogP contribution in [-0.2, 0) is 6.42 Å². The minimum Gasteiger partial charge on any atom is -0.317 e. The van der Waals surface area contributed by atoms with E-state index in [0.29, 0.717) is 0 Å². The second-order valence-corrected chi connectivity index (χ2v) is 4.90. The first-order valence-corrected chi connectivity index (χ1v) is 6.49. The molecule has 1 fully saturated rings. The van der Waals surface area contributed by atoms with E-state index in [-0.39, 0.29) is 12.4 Å². The van der Waals surface area contributed by atoms with Crippen LogP contribution in [0.4, 0.5) is 0 Å². The fourth-order valence-electron chi connectivity index (χ4n) is 2.36. The summed E-state index contributed by atoms with van der Waals surface area (Å²) in [5.74, 6) is 0.864. The van der Waals surface area contributed by atoms with E-state index in [1.54, 1.807) is 12.4 Å². The van der Waals surface area contributed by atoms with E-state index in [1.165, 1.54) is 32.5 Å². The Morgan fingerprint density at radius 2 is 2.11 bits per heavy atom. The van der Waals surface area contributed by atoms with Crippen LogP contribution in [0.2, 0.25) is 0 Å². The lowest BCUT2D eigenvalue weighted by molar-refractivity contribution is 0.242. The van der Waals surface area contributed by atoms with Crippen LogP contribution in [0.5, 0.6) is 0 Å². The molecule has 0 atom stereocenters.